The van der Waals surface area contributed by atoms with Gasteiger partial charge in [-0.1, -0.05) is 51.4 Å². The lowest BCUT2D eigenvalue weighted by molar-refractivity contribution is 0.302. The number of pyridine rings is 2. The molecule has 1 aliphatic rings. The predicted molar refractivity (Wildman–Crippen MR) is 310 cm³/mol. The second-order valence-corrected chi connectivity index (χ2v) is 23.0. The Balaban J connectivity index is 0.806. The lowest BCUT2D eigenvalue weighted by Crippen LogP contribution is -2.04. The van der Waals surface area contributed by atoms with E-state index in [9.17, 15) is 0 Å². The van der Waals surface area contributed by atoms with Crippen molar-refractivity contribution in [1.82, 2.24) is 9.97 Å². The molecule has 0 saturated carbocycles. The van der Waals surface area contributed by atoms with Crippen molar-refractivity contribution >= 4 is 31.9 Å². The van der Waals surface area contributed by atoms with Gasteiger partial charge >= 0.3 is 0 Å². The maximum Gasteiger partial charge on any atom is 0.134 e. The number of rotatable bonds is 22. The Bertz CT molecular complexity index is 2730. The van der Waals surface area contributed by atoms with Crippen LogP contribution in [0.1, 0.15) is 177 Å². The minimum Gasteiger partial charge on any atom is -0.492 e. The Morgan fingerprint density at radius 1 is 0.366 bits per heavy atom. The molecular formula is C65H82Br2N2O2. The molecule has 7 rings (SSSR count). The van der Waals surface area contributed by atoms with Gasteiger partial charge in [0.2, 0.25) is 0 Å². The van der Waals surface area contributed by atoms with Gasteiger partial charge in [0.25, 0.3) is 0 Å². The largest absolute Gasteiger partial charge is 0.492 e. The first-order valence-electron chi connectivity index (χ1n) is 26.9. The third-order valence-electron chi connectivity index (χ3n) is 16.8. The van der Waals surface area contributed by atoms with Crippen LogP contribution in [0.4, 0.5) is 0 Å². The fraction of sp³-hybridized carbons (Fsp3) is 0.477. The highest BCUT2D eigenvalue weighted by Crippen LogP contribution is 2.45. The normalized spacial score (nSPS) is 11.9. The van der Waals surface area contributed by atoms with E-state index in [-0.39, 0.29) is 0 Å². The molecule has 0 unspecified atom stereocenters. The first-order chi connectivity index (χ1) is 33.9. The van der Waals surface area contributed by atoms with E-state index in [2.05, 4.69) is 165 Å². The zero-order chi connectivity index (χ0) is 51.3. The van der Waals surface area contributed by atoms with Crippen LogP contribution < -0.4 is 9.47 Å². The highest BCUT2D eigenvalue weighted by molar-refractivity contribution is 9.11. The highest BCUT2D eigenvalue weighted by atomic mass is 79.9. The molecule has 0 amide bonds. The lowest BCUT2D eigenvalue weighted by Gasteiger charge is -2.20. The van der Waals surface area contributed by atoms with Gasteiger partial charge in [-0.05, 0) is 310 Å². The molecule has 0 saturated heterocycles. The molecule has 0 N–H and O–H groups in total. The number of ether oxygens (including phenoxy) is 2. The molecule has 4 aromatic carbocycles. The van der Waals surface area contributed by atoms with Crippen LogP contribution in [0.2, 0.25) is 0 Å². The van der Waals surface area contributed by atoms with Gasteiger partial charge in [0.05, 0.1) is 33.5 Å². The number of nitrogens with zero attached hydrogens (tertiary/aromatic N) is 2. The Hall–Kier alpha value is -4.26. The Morgan fingerprint density at radius 2 is 0.718 bits per heavy atom. The summed E-state index contributed by atoms with van der Waals surface area (Å²) in [4.78, 5) is 10.1. The molecule has 6 aromatic rings. The monoisotopic (exact) mass is 1080 g/mol. The SMILES string of the molecule is Cc1cc(-c2nc(C)c(C)c(C)c2C)c(C)c(C)c1CCCCCCCCOc1cc2c(cc1Br)Cc1cc(Br)c(OCCCCCCCCc3c(C)cc(-c4nc(C)c(C)c(C)c4C)c(C)c3C)cc1-2. The molecule has 0 atom stereocenters. The summed E-state index contributed by atoms with van der Waals surface area (Å²) in [6, 6.07) is 13.8. The van der Waals surface area contributed by atoms with Crippen LogP contribution in [0, 0.1) is 96.9 Å². The van der Waals surface area contributed by atoms with Crippen molar-refractivity contribution in [2.24, 2.45) is 0 Å². The standard InChI is InChI=1S/C65H82Br2N2O2/c1-38-31-56(64-48(11)40(3)42(5)50(13)68-64)46(9)44(7)54(38)27-23-19-15-17-21-25-29-70-62-36-58-52(34-60(62)66)33-53-35-61(67)63(37-59(53)58)71-30-26-22-18-16-20-24-28-55-39(2)32-57(47(10)45(55)8)65-49(12)41(4)43(6)51(14)69-65/h31-32,34-37H,15-30,33H2,1-14H3. The van der Waals surface area contributed by atoms with Crippen molar-refractivity contribution in [2.75, 3.05) is 13.2 Å². The first-order valence-corrected chi connectivity index (χ1v) is 28.5. The summed E-state index contributed by atoms with van der Waals surface area (Å²) < 4.78 is 14.9. The topological polar surface area (TPSA) is 44.2 Å². The fourth-order valence-corrected chi connectivity index (χ4v) is 12.2. The quantitative estimate of drug-likeness (QED) is 0.0635. The lowest BCUT2D eigenvalue weighted by atomic mass is 9.87. The molecule has 378 valence electrons. The molecule has 0 spiro atoms. The summed E-state index contributed by atoms with van der Waals surface area (Å²) in [5.41, 5.74) is 31.8. The second kappa shape index (κ2) is 24.2. The number of benzene rings is 4. The molecule has 4 nitrogen and oxygen atoms in total. The van der Waals surface area contributed by atoms with E-state index in [1.54, 1.807) is 0 Å². The Kier molecular flexibility index (Phi) is 18.6. The van der Waals surface area contributed by atoms with Crippen LogP contribution >= 0.6 is 31.9 Å². The van der Waals surface area contributed by atoms with E-state index in [1.165, 1.54) is 175 Å². The average molecular weight is 1080 g/mol. The number of halogens is 2. The van der Waals surface area contributed by atoms with Gasteiger partial charge in [0, 0.05) is 22.5 Å². The van der Waals surface area contributed by atoms with E-state index < -0.39 is 0 Å². The molecule has 0 fully saturated rings. The van der Waals surface area contributed by atoms with E-state index >= 15 is 0 Å². The van der Waals surface area contributed by atoms with Crippen LogP contribution in [0.15, 0.2) is 45.3 Å². The number of hydrogen-bond acceptors (Lipinski definition) is 4. The number of unbranched alkanes of at least 4 members (excludes halogenated alkanes) is 10. The minimum absolute atomic E-state index is 0.733. The molecule has 2 aromatic heterocycles. The summed E-state index contributed by atoms with van der Waals surface area (Å²) in [5, 5.41) is 0. The van der Waals surface area contributed by atoms with Crippen molar-refractivity contribution in [3.8, 4) is 45.1 Å². The third-order valence-corrected chi connectivity index (χ3v) is 18.0. The van der Waals surface area contributed by atoms with Gasteiger partial charge in [-0.3, -0.25) is 9.97 Å². The van der Waals surface area contributed by atoms with Crippen molar-refractivity contribution < 1.29 is 9.47 Å². The average Bonchev–Trinajstić information content (AvgIpc) is 3.67. The van der Waals surface area contributed by atoms with Crippen LogP contribution in [-0.4, -0.2) is 23.2 Å². The molecule has 0 radical (unpaired) electrons. The van der Waals surface area contributed by atoms with Gasteiger partial charge in [-0.15, -0.1) is 0 Å². The maximum absolute atomic E-state index is 6.42. The molecule has 71 heavy (non-hydrogen) atoms. The summed E-state index contributed by atoms with van der Waals surface area (Å²) >= 11 is 7.67. The third kappa shape index (κ3) is 12.2. The fourth-order valence-electron chi connectivity index (χ4n) is 11.2. The van der Waals surface area contributed by atoms with Crippen molar-refractivity contribution in [1.29, 1.82) is 0 Å². The summed E-state index contributed by atoms with van der Waals surface area (Å²) in [7, 11) is 0. The van der Waals surface area contributed by atoms with Gasteiger partial charge in [0.15, 0.2) is 0 Å². The molecule has 1 aliphatic carbocycles. The van der Waals surface area contributed by atoms with Crippen molar-refractivity contribution in [3.63, 3.8) is 0 Å². The van der Waals surface area contributed by atoms with Crippen LogP contribution in [-0.2, 0) is 19.3 Å². The predicted octanol–water partition coefficient (Wildman–Crippen LogP) is 19.1. The van der Waals surface area contributed by atoms with E-state index in [0.29, 0.717) is 0 Å². The van der Waals surface area contributed by atoms with Crippen LogP contribution in [0.3, 0.4) is 0 Å². The second-order valence-electron chi connectivity index (χ2n) is 21.3. The van der Waals surface area contributed by atoms with Gasteiger partial charge in [-0.25, -0.2) is 0 Å². The van der Waals surface area contributed by atoms with E-state index in [0.717, 1.165) is 88.5 Å². The summed E-state index contributed by atoms with van der Waals surface area (Å²) in [5.74, 6) is 1.86. The molecule has 6 heteroatoms. The van der Waals surface area contributed by atoms with Crippen LogP contribution in [0.25, 0.3) is 33.6 Å². The van der Waals surface area contributed by atoms with E-state index in [4.69, 9.17) is 19.4 Å². The van der Waals surface area contributed by atoms with Gasteiger partial charge in [-0.2, -0.15) is 0 Å². The first kappa shape index (κ1) is 54.5. The number of aryl methyl sites for hydroxylation is 4. The van der Waals surface area contributed by atoms with Crippen LogP contribution in [0.5, 0.6) is 11.5 Å². The Morgan fingerprint density at radius 3 is 1.10 bits per heavy atom. The smallest absolute Gasteiger partial charge is 0.134 e. The molecule has 2 heterocycles. The highest BCUT2D eigenvalue weighted by Gasteiger charge is 2.24. The van der Waals surface area contributed by atoms with Gasteiger partial charge in [0.1, 0.15) is 11.5 Å². The molecule has 0 bridgehead atoms. The van der Waals surface area contributed by atoms with Crippen molar-refractivity contribution in [2.45, 2.75) is 193 Å². The number of fused-ring (bicyclic) bond motifs is 3. The number of aromatic nitrogens is 2. The van der Waals surface area contributed by atoms with Crippen molar-refractivity contribution in [3.05, 3.63) is 146 Å². The number of hydrogen-bond donors (Lipinski definition) is 0. The minimum atomic E-state index is 0.733. The maximum atomic E-state index is 6.42. The summed E-state index contributed by atoms with van der Waals surface area (Å²) in [6.07, 6.45) is 17.7. The van der Waals surface area contributed by atoms with E-state index in [1.807, 2.05) is 0 Å². The zero-order valence-electron chi connectivity index (χ0n) is 46.0. The Labute approximate surface area is 445 Å². The molecule has 0 aliphatic heterocycles. The van der Waals surface area contributed by atoms with Gasteiger partial charge < -0.3 is 9.47 Å². The zero-order valence-corrected chi connectivity index (χ0v) is 49.1. The summed E-state index contributed by atoms with van der Waals surface area (Å²) in [6.45, 7) is 32.8. The molecular weight excluding hydrogens is 1000 g/mol.